The van der Waals surface area contributed by atoms with Gasteiger partial charge in [0, 0.05) is 24.5 Å². The monoisotopic (exact) mass is 322 g/mol. The van der Waals surface area contributed by atoms with Gasteiger partial charge in [0.05, 0.1) is 5.69 Å². The van der Waals surface area contributed by atoms with Gasteiger partial charge < -0.3 is 15.0 Å². The molecule has 2 amide bonds. The quantitative estimate of drug-likeness (QED) is 0.847. The fourth-order valence-corrected chi connectivity index (χ4v) is 2.42. The Morgan fingerprint density at radius 1 is 1.50 bits per heavy atom. The van der Waals surface area contributed by atoms with Gasteiger partial charge in [-0.1, -0.05) is 17.7 Å². The van der Waals surface area contributed by atoms with Crippen molar-refractivity contribution in [2.24, 2.45) is 0 Å². The summed E-state index contributed by atoms with van der Waals surface area (Å²) in [5.74, 6) is 0.250. The Labute approximate surface area is 134 Å². The van der Waals surface area contributed by atoms with Crippen molar-refractivity contribution in [1.82, 2.24) is 5.32 Å². The van der Waals surface area contributed by atoms with E-state index in [-0.39, 0.29) is 24.8 Å². The molecule has 0 aliphatic carbocycles. The van der Waals surface area contributed by atoms with Gasteiger partial charge in [0.15, 0.2) is 5.60 Å². The van der Waals surface area contributed by atoms with Crippen LogP contribution >= 0.6 is 11.6 Å². The number of nitrogens with one attached hydrogen (secondary N) is 1. The fourth-order valence-electron chi connectivity index (χ4n) is 2.25. The molecule has 0 atom stereocenters. The summed E-state index contributed by atoms with van der Waals surface area (Å²) in [7, 11) is 0. The van der Waals surface area contributed by atoms with Gasteiger partial charge >= 0.3 is 0 Å². The summed E-state index contributed by atoms with van der Waals surface area (Å²) in [6.45, 7) is 7.63. The SMILES string of the molecule is C=CCNC(=O)CCN1C(=O)C(C)(C)Oc2ccc(Cl)cc21. The van der Waals surface area contributed by atoms with E-state index in [9.17, 15) is 9.59 Å². The maximum absolute atomic E-state index is 12.6. The number of hydrogen-bond donors (Lipinski definition) is 1. The minimum atomic E-state index is -0.974. The van der Waals surface area contributed by atoms with Crippen LogP contribution in [-0.2, 0) is 9.59 Å². The molecule has 1 aromatic rings. The molecule has 1 aromatic carbocycles. The summed E-state index contributed by atoms with van der Waals surface area (Å²) >= 11 is 6.01. The number of amides is 2. The Morgan fingerprint density at radius 3 is 2.91 bits per heavy atom. The van der Waals surface area contributed by atoms with Crippen LogP contribution in [0.1, 0.15) is 20.3 Å². The molecule has 0 fully saturated rings. The zero-order valence-corrected chi connectivity index (χ0v) is 13.4. The first-order valence-electron chi connectivity index (χ1n) is 7.03. The van der Waals surface area contributed by atoms with E-state index < -0.39 is 5.60 Å². The lowest BCUT2D eigenvalue weighted by molar-refractivity contribution is -0.132. The molecule has 0 bridgehead atoms. The Hall–Kier alpha value is -2.01. The van der Waals surface area contributed by atoms with Crippen LogP contribution in [0.15, 0.2) is 30.9 Å². The molecule has 0 radical (unpaired) electrons. The van der Waals surface area contributed by atoms with E-state index in [2.05, 4.69) is 11.9 Å². The van der Waals surface area contributed by atoms with Crippen molar-refractivity contribution in [1.29, 1.82) is 0 Å². The molecule has 6 heteroatoms. The number of carbonyl (C=O) groups excluding carboxylic acids is 2. The van der Waals surface area contributed by atoms with Gasteiger partial charge in [-0.15, -0.1) is 6.58 Å². The van der Waals surface area contributed by atoms with Crippen molar-refractivity contribution >= 4 is 29.1 Å². The third-order valence-electron chi connectivity index (χ3n) is 3.34. The summed E-state index contributed by atoms with van der Waals surface area (Å²) in [5.41, 5.74) is -0.383. The second-order valence-electron chi connectivity index (χ2n) is 5.52. The first-order valence-corrected chi connectivity index (χ1v) is 7.41. The summed E-state index contributed by atoms with van der Waals surface area (Å²) in [6, 6.07) is 5.11. The van der Waals surface area contributed by atoms with E-state index in [0.29, 0.717) is 23.0 Å². The minimum absolute atomic E-state index is 0.138. The highest BCUT2D eigenvalue weighted by Gasteiger charge is 2.40. The molecule has 0 saturated carbocycles. The van der Waals surface area contributed by atoms with Crippen LogP contribution in [0.5, 0.6) is 5.75 Å². The van der Waals surface area contributed by atoms with Crippen LogP contribution in [0.4, 0.5) is 5.69 Å². The van der Waals surface area contributed by atoms with Crippen LogP contribution in [-0.4, -0.2) is 30.5 Å². The topological polar surface area (TPSA) is 58.6 Å². The Kier molecular flexibility index (Phi) is 4.76. The molecule has 2 rings (SSSR count). The highest BCUT2D eigenvalue weighted by atomic mass is 35.5. The lowest BCUT2D eigenvalue weighted by Gasteiger charge is -2.38. The number of hydrogen-bond acceptors (Lipinski definition) is 3. The van der Waals surface area contributed by atoms with E-state index in [1.165, 1.54) is 0 Å². The van der Waals surface area contributed by atoms with Crippen molar-refractivity contribution in [2.75, 3.05) is 18.0 Å². The lowest BCUT2D eigenvalue weighted by atomic mass is 10.0. The number of anilines is 1. The van der Waals surface area contributed by atoms with E-state index in [0.717, 1.165) is 0 Å². The van der Waals surface area contributed by atoms with Gasteiger partial charge in [-0.25, -0.2) is 0 Å². The molecule has 0 spiro atoms. The number of carbonyl (C=O) groups is 2. The standard InChI is InChI=1S/C16H19ClN2O3/c1-4-8-18-14(20)7-9-19-12-10-11(17)5-6-13(12)22-16(2,3)15(19)21/h4-6,10H,1,7-9H2,2-3H3,(H,18,20). The van der Waals surface area contributed by atoms with Crippen molar-refractivity contribution < 1.29 is 14.3 Å². The van der Waals surface area contributed by atoms with E-state index in [1.54, 1.807) is 43.0 Å². The molecule has 0 unspecified atom stereocenters. The number of nitrogens with zero attached hydrogens (tertiary/aromatic N) is 1. The minimum Gasteiger partial charge on any atom is -0.476 e. The second-order valence-corrected chi connectivity index (χ2v) is 5.96. The molecule has 1 N–H and O–H groups in total. The lowest BCUT2D eigenvalue weighted by Crippen LogP contribution is -2.53. The van der Waals surface area contributed by atoms with Gasteiger partial charge in [-0.3, -0.25) is 9.59 Å². The summed E-state index contributed by atoms with van der Waals surface area (Å²) < 4.78 is 5.72. The van der Waals surface area contributed by atoms with Gasteiger partial charge in [-0.05, 0) is 32.0 Å². The van der Waals surface area contributed by atoms with Crippen molar-refractivity contribution in [3.8, 4) is 5.75 Å². The van der Waals surface area contributed by atoms with Gasteiger partial charge in [0.2, 0.25) is 5.91 Å². The molecular formula is C16H19ClN2O3. The first kappa shape index (κ1) is 16.4. The molecule has 5 nitrogen and oxygen atoms in total. The molecule has 1 heterocycles. The predicted octanol–water partition coefficient (Wildman–Crippen LogP) is 2.54. The van der Waals surface area contributed by atoms with Crippen LogP contribution in [0.3, 0.4) is 0 Å². The molecule has 118 valence electrons. The number of rotatable bonds is 5. The molecule has 22 heavy (non-hydrogen) atoms. The Morgan fingerprint density at radius 2 is 2.23 bits per heavy atom. The average molecular weight is 323 g/mol. The van der Waals surface area contributed by atoms with Crippen LogP contribution in [0, 0.1) is 0 Å². The highest BCUT2D eigenvalue weighted by Crippen LogP contribution is 2.39. The Bertz CT molecular complexity index is 613. The van der Waals surface area contributed by atoms with Crippen LogP contribution < -0.4 is 15.0 Å². The van der Waals surface area contributed by atoms with Gasteiger partial charge in [-0.2, -0.15) is 0 Å². The third kappa shape index (κ3) is 3.42. The zero-order chi connectivity index (χ0) is 16.3. The van der Waals surface area contributed by atoms with E-state index >= 15 is 0 Å². The van der Waals surface area contributed by atoms with Crippen LogP contribution in [0.2, 0.25) is 5.02 Å². The maximum Gasteiger partial charge on any atom is 0.270 e. The number of fused-ring (bicyclic) bond motifs is 1. The van der Waals surface area contributed by atoms with Crippen molar-refractivity contribution in [3.05, 3.63) is 35.9 Å². The maximum atomic E-state index is 12.6. The molecule has 1 aliphatic rings. The molecule has 1 aliphatic heterocycles. The average Bonchev–Trinajstić information content (AvgIpc) is 2.46. The number of ether oxygens (including phenoxy) is 1. The second kappa shape index (κ2) is 6.40. The normalized spacial score (nSPS) is 15.8. The number of halogens is 1. The number of benzene rings is 1. The largest absolute Gasteiger partial charge is 0.476 e. The summed E-state index contributed by atoms with van der Waals surface area (Å²) in [6.07, 6.45) is 1.80. The predicted molar refractivity (Wildman–Crippen MR) is 86.3 cm³/mol. The third-order valence-corrected chi connectivity index (χ3v) is 3.58. The van der Waals surface area contributed by atoms with Crippen molar-refractivity contribution in [2.45, 2.75) is 25.9 Å². The summed E-state index contributed by atoms with van der Waals surface area (Å²) in [5, 5.41) is 3.20. The molecule has 0 saturated heterocycles. The van der Waals surface area contributed by atoms with Gasteiger partial charge in [0.25, 0.3) is 5.91 Å². The van der Waals surface area contributed by atoms with E-state index in [1.807, 2.05) is 0 Å². The zero-order valence-electron chi connectivity index (χ0n) is 12.7. The van der Waals surface area contributed by atoms with Gasteiger partial charge in [0.1, 0.15) is 5.75 Å². The fraction of sp³-hybridized carbons (Fsp3) is 0.375. The highest BCUT2D eigenvalue weighted by molar-refractivity contribution is 6.31. The summed E-state index contributed by atoms with van der Waals surface area (Å²) in [4.78, 5) is 25.8. The van der Waals surface area contributed by atoms with Crippen molar-refractivity contribution in [3.63, 3.8) is 0 Å². The van der Waals surface area contributed by atoms with E-state index in [4.69, 9.17) is 16.3 Å². The Balaban J connectivity index is 2.21. The first-order chi connectivity index (χ1) is 10.3. The smallest absolute Gasteiger partial charge is 0.270 e. The van der Waals surface area contributed by atoms with Crippen LogP contribution in [0.25, 0.3) is 0 Å². The molecular weight excluding hydrogens is 304 g/mol. The molecule has 0 aromatic heterocycles.